The summed E-state index contributed by atoms with van der Waals surface area (Å²) in [5, 5.41) is 17.9. The molecular weight excluding hydrogens is 209 g/mol. The Hall–Kier alpha value is -1.07. The summed E-state index contributed by atoms with van der Waals surface area (Å²) in [5.41, 5.74) is -0.375. The number of halogens is 3. The minimum atomic E-state index is -4.36. The van der Waals surface area contributed by atoms with Crippen molar-refractivity contribution >= 4 is 0 Å². The monoisotopic (exact) mass is 220 g/mol. The highest BCUT2D eigenvalue weighted by atomic mass is 19.4. The molecule has 0 fully saturated rings. The van der Waals surface area contributed by atoms with Crippen LogP contribution in [0.25, 0.3) is 0 Å². The summed E-state index contributed by atoms with van der Waals surface area (Å²) in [6, 6.07) is 4.25. The van der Waals surface area contributed by atoms with Crippen molar-refractivity contribution < 1.29 is 23.4 Å². The molecule has 0 radical (unpaired) electrons. The standard InChI is InChI=1S/C10H11F3O2/c11-10(12,13)8-3-1-7(2-4-8)9(15)5-6-14/h1-4,9,14-15H,5-6H2/t9-/m1/s1. The van der Waals surface area contributed by atoms with Crippen molar-refractivity contribution in [3.63, 3.8) is 0 Å². The lowest BCUT2D eigenvalue weighted by Crippen LogP contribution is -2.06. The van der Waals surface area contributed by atoms with Crippen molar-refractivity contribution in [2.75, 3.05) is 6.61 Å². The van der Waals surface area contributed by atoms with E-state index in [4.69, 9.17) is 5.11 Å². The Bertz CT molecular complexity index is 305. The van der Waals surface area contributed by atoms with Gasteiger partial charge < -0.3 is 10.2 Å². The maximum Gasteiger partial charge on any atom is 0.416 e. The number of aliphatic hydroxyl groups is 2. The third kappa shape index (κ3) is 3.21. The molecular formula is C10H11F3O2. The fourth-order valence-electron chi connectivity index (χ4n) is 1.18. The lowest BCUT2D eigenvalue weighted by molar-refractivity contribution is -0.137. The van der Waals surface area contributed by atoms with Crippen LogP contribution in [-0.4, -0.2) is 16.8 Å². The molecule has 1 aromatic rings. The molecule has 0 aliphatic heterocycles. The van der Waals surface area contributed by atoms with E-state index in [0.29, 0.717) is 5.56 Å². The van der Waals surface area contributed by atoms with Crippen LogP contribution in [0.1, 0.15) is 23.7 Å². The second-order valence-corrected chi connectivity index (χ2v) is 3.15. The smallest absolute Gasteiger partial charge is 0.396 e. The number of alkyl halides is 3. The van der Waals surface area contributed by atoms with Gasteiger partial charge in [0.25, 0.3) is 0 Å². The number of hydrogen-bond acceptors (Lipinski definition) is 2. The summed E-state index contributed by atoms with van der Waals surface area (Å²) in [5.74, 6) is 0. The van der Waals surface area contributed by atoms with Crippen LogP contribution in [0, 0.1) is 0 Å². The van der Waals surface area contributed by atoms with Gasteiger partial charge >= 0.3 is 6.18 Å². The van der Waals surface area contributed by atoms with Crippen molar-refractivity contribution in [3.05, 3.63) is 35.4 Å². The number of rotatable bonds is 3. The average Bonchev–Trinajstić information content (AvgIpc) is 2.17. The van der Waals surface area contributed by atoms with Gasteiger partial charge in [-0.05, 0) is 17.7 Å². The van der Waals surface area contributed by atoms with E-state index in [0.717, 1.165) is 12.1 Å². The van der Waals surface area contributed by atoms with Crippen LogP contribution < -0.4 is 0 Å². The molecule has 2 nitrogen and oxygen atoms in total. The first kappa shape index (κ1) is 12.0. The fraction of sp³-hybridized carbons (Fsp3) is 0.400. The van der Waals surface area contributed by atoms with E-state index < -0.39 is 17.8 Å². The van der Waals surface area contributed by atoms with Crippen LogP contribution in [0.3, 0.4) is 0 Å². The molecule has 1 rings (SSSR count). The van der Waals surface area contributed by atoms with Gasteiger partial charge in [-0.25, -0.2) is 0 Å². The average molecular weight is 220 g/mol. The molecule has 0 heterocycles. The van der Waals surface area contributed by atoms with Crippen LogP contribution >= 0.6 is 0 Å². The highest BCUT2D eigenvalue weighted by Gasteiger charge is 2.30. The van der Waals surface area contributed by atoms with Crippen molar-refractivity contribution in [1.82, 2.24) is 0 Å². The van der Waals surface area contributed by atoms with Gasteiger partial charge in [-0.2, -0.15) is 13.2 Å². The largest absolute Gasteiger partial charge is 0.416 e. The van der Waals surface area contributed by atoms with Crippen molar-refractivity contribution in [3.8, 4) is 0 Å². The summed E-state index contributed by atoms with van der Waals surface area (Å²) < 4.78 is 36.5. The summed E-state index contributed by atoms with van der Waals surface area (Å²) in [6.45, 7) is -0.206. The minimum absolute atomic E-state index is 0.116. The highest BCUT2D eigenvalue weighted by molar-refractivity contribution is 5.25. The van der Waals surface area contributed by atoms with E-state index in [9.17, 15) is 18.3 Å². The fourth-order valence-corrected chi connectivity index (χ4v) is 1.18. The van der Waals surface area contributed by atoms with Gasteiger partial charge in [0.15, 0.2) is 0 Å². The van der Waals surface area contributed by atoms with E-state index in [1.165, 1.54) is 12.1 Å². The molecule has 0 aliphatic carbocycles. The summed E-state index contributed by atoms with van der Waals surface area (Å²) in [7, 11) is 0. The zero-order valence-electron chi connectivity index (χ0n) is 7.83. The molecule has 2 N–H and O–H groups in total. The molecule has 0 bridgehead atoms. The SMILES string of the molecule is OCC[C@@H](O)c1ccc(C(F)(F)F)cc1. The van der Waals surface area contributed by atoms with Crippen molar-refractivity contribution in [2.45, 2.75) is 18.7 Å². The van der Waals surface area contributed by atoms with Gasteiger partial charge in [-0.1, -0.05) is 12.1 Å². The Balaban J connectivity index is 2.81. The third-order valence-corrected chi connectivity index (χ3v) is 2.03. The van der Waals surface area contributed by atoms with Crippen LogP contribution in [0.15, 0.2) is 24.3 Å². The lowest BCUT2D eigenvalue weighted by Gasteiger charge is -2.11. The van der Waals surface area contributed by atoms with Crippen molar-refractivity contribution in [2.24, 2.45) is 0 Å². The molecule has 0 saturated heterocycles. The third-order valence-electron chi connectivity index (χ3n) is 2.03. The van der Waals surface area contributed by atoms with Gasteiger partial charge in [-0.3, -0.25) is 0 Å². The molecule has 0 spiro atoms. The van der Waals surface area contributed by atoms with Crippen LogP contribution in [0.4, 0.5) is 13.2 Å². The van der Waals surface area contributed by atoms with Gasteiger partial charge in [0.05, 0.1) is 11.7 Å². The van der Waals surface area contributed by atoms with E-state index in [1.807, 2.05) is 0 Å². The summed E-state index contributed by atoms with van der Waals surface area (Å²) in [4.78, 5) is 0. The number of aliphatic hydroxyl groups excluding tert-OH is 2. The molecule has 0 saturated carbocycles. The zero-order chi connectivity index (χ0) is 11.5. The lowest BCUT2D eigenvalue weighted by atomic mass is 10.0. The molecule has 5 heteroatoms. The predicted octanol–water partition coefficient (Wildman–Crippen LogP) is 2.12. The second-order valence-electron chi connectivity index (χ2n) is 3.15. The molecule has 1 atom stereocenters. The van der Waals surface area contributed by atoms with Gasteiger partial charge in [-0.15, -0.1) is 0 Å². The van der Waals surface area contributed by atoms with E-state index in [2.05, 4.69) is 0 Å². The molecule has 15 heavy (non-hydrogen) atoms. The molecule has 1 aromatic carbocycles. The quantitative estimate of drug-likeness (QED) is 0.819. The zero-order valence-corrected chi connectivity index (χ0v) is 7.83. The maximum absolute atomic E-state index is 12.2. The van der Waals surface area contributed by atoms with E-state index in [-0.39, 0.29) is 13.0 Å². The Labute approximate surface area is 85.0 Å². The van der Waals surface area contributed by atoms with E-state index >= 15 is 0 Å². The molecule has 0 amide bonds. The number of benzene rings is 1. The first-order valence-corrected chi connectivity index (χ1v) is 4.41. The number of hydrogen-bond donors (Lipinski definition) is 2. The predicted molar refractivity (Wildman–Crippen MR) is 48.1 cm³/mol. The summed E-state index contributed by atoms with van der Waals surface area (Å²) >= 11 is 0. The Kier molecular flexibility index (Phi) is 3.71. The van der Waals surface area contributed by atoms with Gasteiger partial charge in [0, 0.05) is 13.0 Å². The van der Waals surface area contributed by atoms with Crippen LogP contribution in [0.2, 0.25) is 0 Å². The van der Waals surface area contributed by atoms with Crippen LogP contribution in [0.5, 0.6) is 0 Å². The molecule has 84 valence electrons. The normalized spacial score (nSPS) is 13.9. The van der Waals surface area contributed by atoms with Crippen LogP contribution in [-0.2, 0) is 6.18 Å². The molecule has 0 unspecified atom stereocenters. The van der Waals surface area contributed by atoms with E-state index in [1.54, 1.807) is 0 Å². The molecule has 0 aliphatic rings. The minimum Gasteiger partial charge on any atom is -0.396 e. The topological polar surface area (TPSA) is 40.5 Å². The van der Waals surface area contributed by atoms with Crippen molar-refractivity contribution in [1.29, 1.82) is 0 Å². The molecule has 0 aromatic heterocycles. The van der Waals surface area contributed by atoms with Gasteiger partial charge in [0.2, 0.25) is 0 Å². The Morgan fingerprint density at radius 2 is 1.67 bits per heavy atom. The highest BCUT2D eigenvalue weighted by Crippen LogP contribution is 2.30. The Morgan fingerprint density at radius 3 is 2.07 bits per heavy atom. The maximum atomic E-state index is 12.2. The summed E-state index contributed by atoms with van der Waals surface area (Å²) in [6.07, 6.45) is -5.16. The first-order chi connectivity index (χ1) is 6.95. The second kappa shape index (κ2) is 4.63. The Morgan fingerprint density at radius 1 is 1.13 bits per heavy atom. The first-order valence-electron chi connectivity index (χ1n) is 4.41. The van der Waals surface area contributed by atoms with Gasteiger partial charge in [0.1, 0.15) is 0 Å².